The fourth-order valence-corrected chi connectivity index (χ4v) is 2.02. The monoisotopic (exact) mass is 325 g/mol. The minimum absolute atomic E-state index is 0.0434. The summed E-state index contributed by atoms with van der Waals surface area (Å²) in [6.45, 7) is 0.229. The first-order chi connectivity index (χ1) is 10.8. The van der Waals surface area contributed by atoms with Gasteiger partial charge in [0.05, 0.1) is 12.1 Å². The van der Waals surface area contributed by atoms with Gasteiger partial charge in [0, 0.05) is 32.1 Å². The highest BCUT2D eigenvalue weighted by Crippen LogP contribution is 2.31. The zero-order valence-electron chi connectivity index (χ0n) is 12.9. The Morgan fingerprint density at radius 3 is 2.65 bits per heavy atom. The van der Waals surface area contributed by atoms with Crippen LogP contribution in [0.2, 0.25) is 0 Å². The van der Waals surface area contributed by atoms with Gasteiger partial charge in [0.1, 0.15) is 5.75 Å². The number of benzene rings is 1. The van der Waals surface area contributed by atoms with Crippen molar-refractivity contribution < 1.29 is 17.9 Å². The molecule has 23 heavy (non-hydrogen) atoms. The molecule has 1 aliphatic rings. The maximum Gasteiger partial charge on any atom is 0.414 e. The molecule has 1 heterocycles. The largest absolute Gasteiger partial charge is 0.426 e. The molecular weight excluding hydrogens is 307 g/mol. The maximum absolute atomic E-state index is 12.8. The van der Waals surface area contributed by atoms with E-state index >= 15 is 0 Å². The summed E-state index contributed by atoms with van der Waals surface area (Å²) >= 11 is 0. The van der Waals surface area contributed by atoms with Gasteiger partial charge in [0.15, 0.2) is 0 Å². The van der Waals surface area contributed by atoms with Crippen LogP contribution in [0.15, 0.2) is 48.3 Å². The maximum atomic E-state index is 12.8. The molecule has 4 nitrogen and oxygen atoms in total. The summed E-state index contributed by atoms with van der Waals surface area (Å²) < 4.78 is 43.9. The van der Waals surface area contributed by atoms with Gasteiger partial charge in [-0.1, -0.05) is 24.3 Å². The second kappa shape index (κ2) is 6.76. The average molecular weight is 325 g/mol. The summed E-state index contributed by atoms with van der Waals surface area (Å²) in [5.41, 5.74) is 0.114. The van der Waals surface area contributed by atoms with E-state index in [4.69, 9.17) is 10.1 Å². The Bertz CT molecular complexity index is 636. The lowest BCUT2D eigenvalue weighted by Gasteiger charge is -2.24. The molecule has 0 radical (unpaired) electrons. The third-order valence-electron chi connectivity index (χ3n) is 3.26. The molecule has 0 bridgehead atoms. The van der Waals surface area contributed by atoms with E-state index in [1.165, 1.54) is 15.9 Å². The summed E-state index contributed by atoms with van der Waals surface area (Å²) in [6.07, 6.45) is -0.249. The first kappa shape index (κ1) is 16.9. The average Bonchev–Trinajstić information content (AvgIpc) is 2.48. The summed E-state index contributed by atoms with van der Waals surface area (Å²) in [5.74, 6) is 0.451. The Morgan fingerprint density at radius 1 is 1.30 bits per heavy atom. The molecule has 7 heteroatoms. The Labute approximate surface area is 133 Å². The van der Waals surface area contributed by atoms with Crippen LogP contribution in [0, 0.1) is 5.41 Å². The molecule has 0 saturated heterocycles. The summed E-state index contributed by atoms with van der Waals surface area (Å²) in [6, 6.07) is 6.95. The number of amidine groups is 1. The normalized spacial score (nSPS) is 14.5. The molecule has 0 fully saturated rings. The summed E-state index contributed by atoms with van der Waals surface area (Å²) in [4.78, 5) is 2.97. The molecule has 1 aliphatic heterocycles. The van der Waals surface area contributed by atoms with Crippen molar-refractivity contribution >= 4 is 6.02 Å². The molecule has 2 rings (SSSR count). The van der Waals surface area contributed by atoms with Gasteiger partial charge in [0.25, 0.3) is 6.02 Å². The number of para-hydroxylation sites is 1. The number of hydrogen-bond acceptors (Lipinski definition) is 3. The topological polar surface area (TPSA) is 39.6 Å². The van der Waals surface area contributed by atoms with E-state index in [2.05, 4.69) is 0 Å². The highest BCUT2D eigenvalue weighted by molar-refractivity contribution is 5.72. The molecule has 0 unspecified atom stereocenters. The van der Waals surface area contributed by atoms with Gasteiger partial charge in [-0.2, -0.15) is 13.2 Å². The first-order valence-electron chi connectivity index (χ1n) is 6.99. The van der Waals surface area contributed by atoms with E-state index in [9.17, 15) is 13.2 Å². The first-order valence-corrected chi connectivity index (χ1v) is 6.99. The Hall–Kier alpha value is -2.44. The van der Waals surface area contributed by atoms with Crippen molar-refractivity contribution in [3.05, 3.63) is 53.9 Å². The minimum atomic E-state index is -4.33. The molecule has 0 aromatic heterocycles. The predicted octanol–water partition coefficient (Wildman–Crippen LogP) is 3.73. The van der Waals surface area contributed by atoms with Crippen molar-refractivity contribution in [2.75, 3.05) is 14.1 Å². The zero-order valence-corrected chi connectivity index (χ0v) is 12.9. The third-order valence-corrected chi connectivity index (χ3v) is 3.26. The number of halogens is 3. The highest BCUT2D eigenvalue weighted by Gasteiger charge is 2.34. The number of ether oxygens (including phenoxy) is 1. The quantitative estimate of drug-likeness (QED) is 0.680. The van der Waals surface area contributed by atoms with Crippen molar-refractivity contribution in [3.8, 4) is 5.75 Å². The summed E-state index contributed by atoms with van der Waals surface area (Å²) in [5, 5.41) is 7.73. The lowest BCUT2D eigenvalue weighted by Crippen LogP contribution is -2.27. The highest BCUT2D eigenvalue weighted by atomic mass is 19.4. The lowest BCUT2D eigenvalue weighted by molar-refractivity contribution is -0.0942. The van der Waals surface area contributed by atoms with E-state index in [-0.39, 0.29) is 19.0 Å². The van der Waals surface area contributed by atoms with Crippen LogP contribution in [-0.4, -0.2) is 36.1 Å². The molecule has 1 aromatic rings. The number of hydrogen-bond donors (Lipinski definition) is 1. The second-order valence-electron chi connectivity index (χ2n) is 5.32. The van der Waals surface area contributed by atoms with Crippen LogP contribution in [0.1, 0.15) is 12.0 Å². The van der Waals surface area contributed by atoms with Crippen molar-refractivity contribution in [1.82, 2.24) is 9.80 Å². The van der Waals surface area contributed by atoms with Gasteiger partial charge in [-0.25, -0.2) is 0 Å². The van der Waals surface area contributed by atoms with Crippen LogP contribution >= 0.6 is 0 Å². The van der Waals surface area contributed by atoms with Crippen LogP contribution in [0.5, 0.6) is 5.75 Å². The Morgan fingerprint density at radius 2 is 2.00 bits per heavy atom. The van der Waals surface area contributed by atoms with E-state index < -0.39 is 11.7 Å². The molecular formula is C16H18F3N3O. The summed E-state index contributed by atoms with van der Waals surface area (Å²) in [7, 11) is 3.35. The van der Waals surface area contributed by atoms with Crippen molar-refractivity contribution in [1.29, 1.82) is 5.41 Å². The molecule has 0 aliphatic carbocycles. The Kier molecular flexibility index (Phi) is 4.98. The number of alkyl halides is 3. The predicted molar refractivity (Wildman–Crippen MR) is 81.9 cm³/mol. The number of nitrogens with zero attached hydrogens (tertiary/aromatic N) is 2. The molecule has 1 N–H and O–H groups in total. The van der Waals surface area contributed by atoms with Crippen LogP contribution in [-0.2, 0) is 6.54 Å². The van der Waals surface area contributed by atoms with E-state index in [0.29, 0.717) is 11.3 Å². The van der Waals surface area contributed by atoms with Crippen LogP contribution in [0.3, 0.4) is 0 Å². The molecule has 0 spiro atoms. The Balaban J connectivity index is 2.17. The van der Waals surface area contributed by atoms with Crippen molar-refractivity contribution in [3.63, 3.8) is 0 Å². The number of allylic oxidation sites excluding steroid dienone is 2. The van der Waals surface area contributed by atoms with Crippen molar-refractivity contribution in [2.45, 2.75) is 19.1 Å². The standard InChI is InChI=1S/C16H18F3N3O/c1-21(2)15(20)23-14-8-4-3-6-12(14)10-22-9-5-7-13(11-22)16(17,18)19/h3-6,8-9,11,20H,7,10H2,1-2H3. The van der Waals surface area contributed by atoms with Crippen molar-refractivity contribution in [2.24, 2.45) is 0 Å². The van der Waals surface area contributed by atoms with Gasteiger partial charge >= 0.3 is 6.18 Å². The SMILES string of the molecule is CN(C)C(=N)Oc1ccccc1CN1C=CCC(C(F)(F)F)=C1. The van der Waals surface area contributed by atoms with E-state index in [1.54, 1.807) is 44.6 Å². The van der Waals surface area contributed by atoms with Gasteiger partial charge in [-0.05, 0) is 12.5 Å². The number of nitrogens with one attached hydrogen (secondary N) is 1. The van der Waals surface area contributed by atoms with Gasteiger partial charge in [-0.3, -0.25) is 5.41 Å². The van der Waals surface area contributed by atoms with Gasteiger partial charge in [0.2, 0.25) is 0 Å². The molecule has 0 atom stereocenters. The van der Waals surface area contributed by atoms with Gasteiger partial charge < -0.3 is 14.5 Å². The number of rotatable bonds is 3. The fourth-order valence-electron chi connectivity index (χ4n) is 2.02. The zero-order chi connectivity index (χ0) is 17.0. The molecule has 1 aromatic carbocycles. The second-order valence-corrected chi connectivity index (χ2v) is 5.32. The van der Waals surface area contributed by atoms with Crippen LogP contribution < -0.4 is 4.74 Å². The van der Waals surface area contributed by atoms with E-state index in [1.807, 2.05) is 0 Å². The van der Waals surface area contributed by atoms with Crippen LogP contribution in [0.4, 0.5) is 13.2 Å². The minimum Gasteiger partial charge on any atom is -0.426 e. The van der Waals surface area contributed by atoms with E-state index in [0.717, 1.165) is 6.20 Å². The van der Waals surface area contributed by atoms with Gasteiger partial charge in [-0.15, -0.1) is 0 Å². The lowest BCUT2D eigenvalue weighted by atomic mass is 10.1. The van der Waals surface area contributed by atoms with Crippen LogP contribution in [0.25, 0.3) is 0 Å². The third kappa shape index (κ3) is 4.51. The molecule has 124 valence electrons. The molecule has 0 amide bonds. The smallest absolute Gasteiger partial charge is 0.414 e. The molecule has 0 saturated carbocycles. The fraction of sp³-hybridized carbons (Fsp3) is 0.312.